The van der Waals surface area contributed by atoms with Crippen LogP contribution in [0.15, 0.2) is 23.2 Å². The molecule has 0 unspecified atom stereocenters. The minimum absolute atomic E-state index is 0.0461. The number of nitrogens with zero attached hydrogens (tertiary/aromatic N) is 4. The molecule has 0 atom stereocenters. The Morgan fingerprint density at radius 2 is 2.00 bits per heavy atom. The zero-order valence-corrected chi connectivity index (χ0v) is 18.6. The molecule has 1 aromatic carbocycles. The van der Waals surface area contributed by atoms with E-state index < -0.39 is 15.8 Å². The molecule has 3 heterocycles. The molecule has 4 N–H and O–H groups in total. The number of morpholine rings is 1. The number of rotatable bonds is 7. The molecule has 33 heavy (non-hydrogen) atoms. The number of hydrogen-bond acceptors (Lipinski definition) is 10. The van der Waals surface area contributed by atoms with Crippen molar-refractivity contribution >= 4 is 50.0 Å². The quantitative estimate of drug-likeness (QED) is 0.394. The van der Waals surface area contributed by atoms with Crippen LogP contribution in [-0.2, 0) is 14.6 Å². The smallest absolute Gasteiger partial charge is 0.337 e. The highest BCUT2D eigenvalue weighted by Crippen LogP contribution is 2.33. The second-order valence-electron chi connectivity index (χ2n) is 8.10. The summed E-state index contributed by atoms with van der Waals surface area (Å²) in [7, 11) is -3.56. The molecule has 1 saturated heterocycles. The minimum Gasteiger partial charge on any atom is -0.478 e. The first-order chi connectivity index (χ1) is 15.8. The summed E-state index contributed by atoms with van der Waals surface area (Å²) >= 11 is 0. The third-order valence-corrected chi connectivity index (χ3v) is 6.54. The van der Waals surface area contributed by atoms with Gasteiger partial charge in [0, 0.05) is 31.1 Å². The first kappa shape index (κ1) is 21.4. The Morgan fingerprint density at radius 3 is 2.67 bits per heavy atom. The van der Waals surface area contributed by atoms with Crippen LogP contribution in [-0.4, -0.2) is 78.3 Å². The van der Waals surface area contributed by atoms with Crippen LogP contribution in [0.3, 0.4) is 0 Å². The molecular formula is C20H23N7O5S. The Balaban J connectivity index is 1.51. The van der Waals surface area contributed by atoms with Gasteiger partial charge in [-0.05, 0) is 31.0 Å². The Hall–Kier alpha value is -3.45. The van der Waals surface area contributed by atoms with Gasteiger partial charge in [0.05, 0.1) is 24.5 Å². The van der Waals surface area contributed by atoms with Gasteiger partial charge >= 0.3 is 5.97 Å². The number of aromatic nitrogens is 4. The molecule has 2 fully saturated rings. The van der Waals surface area contributed by atoms with E-state index in [4.69, 9.17) is 4.74 Å². The molecule has 174 valence electrons. The highest BCUT2D eigenvalue weighted by atomic mass is 32.2. The van der Waals surface area contributed by atoms with Gasteiger partial charge in [0.1, 0.15) is 11.2 Å². The number of carbonyl (C=O) groups is 1. The summed E-state index contributed by atoms with van der Waals surface area (Å²) in [5.74, 6) is -0.507. The lowest BCUT2D eigenvalue weighted by Gasteiger charge is -2.30. The number of aromatic amines is 1. The lowest BCUT2D eigenvalue weighted by atomic mass is 10.1. The summed E-state index contributed by atoms with van der Waals surface area (Å²) < 4.78 is 29.7. The maximum atomic E-state index is 12.2. The van der Waals surface area contributed by atoms with E-state index in [0.29, 0.717) is 48.9 Å². The number of hydrogen-bond donors (Lipinski definition) is 4. The third kappa shape index (κ3) is 4.41. The topological polar surface area (TPSA) is 162 Å². The van der Waals surface area contributed by atoms with Crippen molar-refractivity contribution in [2.75, 3.05) is 48.1 Å². The lowest BCUT2D eigenvalue weighted by Crippen LogP contribution is -2.37. The molecule has 1 aliphatic heterocycles. The van der Waals surface area contributed by atoms with Crippen LogP contribution < -0.4 is 15.5 Å². The summed E-state index contributed by atoms with van der Waals surface area (Å²) in [4.78, 5) is 22.7. The van der Waals surface area contributed by atoms with Gasteiger partial charge in [-0.25, -0.2) is 13.2 Å². The first-order valence-electron chi connectivity index (χ1n) is 10.5. The number of nitrogens with one attached hydrogen (secondary N) is 3. The third-order valence-electron chi connectivity index (χ3n) is 5.50. The van der Waals surface area contributed by atoms with Gasteiger partial charge < -0.3 is 25.4 Å². The maximum Gasteiger partial charge on any atom is 0.337 e. The van der Waals surface area contributed by atoms with Crippen molar-refractivity contribution in [2.24, 2.45) is 0 Å². The number of carboxylic acids is 1. The zero-order valence-electron chi connectivity index (χ0n) is 17.8. The largest absolute Gasteiger partial charge is 0.478 e. The van der Waals surface area contributed by atoms with Crippen LogP contribution in [0.2, 0.25) is 0 Å². The molecular weight excluding hydrogens is 450 g/mol. The van der Waals surface area contributed by atoms with Gasteiger partial charge in [0.2, 0.25) is 5.95 Å². The van der Waals surface area contributed by atoms with E-state index in [2.05, 4.69) is 30.8 Å². The summed E-state index contributed by atoms with van der Waals surface area (Å²) in [6.45, 7) is 2.32. The van der Waals surface area contributed by atoms with Crippen molar-refractivity contribution in [2.45, 2.75) is 23.9 Å². The first-order valence-corrected chi connectivity index (χ1v) is 12.4. The van der Waals surface area contributed by atoms with E-state index in [0.717, 1.165) is 19.1 Å². The normalized spacial score (nSPS) is 16.7. The molecule has 0 amide bonds. The van der Waals surface area contributed by atoms with Gasteiger partial charge in [-0.2, -0.15) is 15.1 Å². The van der Waals surface area contributed by atoms with E-state index in [1.54, 1.807) is 12.1 Å². The summed E-state index contributed by atoms with van der Waals surface area (Å²) in [5.41, 5.74) is 1.45. The maximum absolute atomic E-state index is 12.2. The standard InChI is InChI=1S/C20H23N7O5S/c1-33(30,31)18-15-16(21-11-2-3-11)23-20(24-17(15)25-26-18)22-12-4-5-14(13(10-12)19(28)29)27-6-8-32-9-7-27/h4-5,10-11H,2-3,6-9H2,1H3,(H,28,29)(H3,21,22,23,24,25,26). The second-order valence-corrected chi connectivity index (χ2v) is 10.1. The number of sulfone groups is 1. The predicted octanol–water partition coefficient (Wildman–Crippen LogP) is 1.61. The molecule has 1 saturated carbocycles. The summed E-state index contributed by atoms with van der Waals surface area (Å²) in [5, 5.41) is 22.9. The van der Waals surface area contributed by atoms with Crippen molar-refractivity contribution < 1.29 is 23.1 Å². The number of carboxylic acid groups (broad SMARTS) is 1. The number of anilines is 4. The molecule has 13 heteroatoms. The molecule has 12 nitrogen and oxygen atoms in total. The Bertz CT molecular complexity index is 1330. The predicted molar refractivity (Wildman–Crippen MR) is 121 cm³/mol. The molecule has 1 aliphatic carbocycles. The number of H-pyrrole nitrogens is 1. The van der Waals surface area contributed by atoms with Crippen LogP contribution in [0.5, 0.6) is 0 Å². The van der Waals surface area contributed by atoms with Crippen molar-refractivity contribution in [3.63, 3.8) is 0 Å². The summed E-state index contributed by atoms with van der Waals surface area (Å²) in [6.07, 6.45) is 3.02. The van der Waals surface area contributed by atoms with E-state index in [9.17, 15) is 18.3 Å². The number of aromatic carboxylic acids is 1. The van der Waals surface area contributed by atoms with Crippen LogP contribution in [0.25, 0.3) is 11.0 Å². The SMILES string of the molecule is CS(=O)(=O)c1[nH]nc2nc(Nc3ccc(N4CCOCC4)c(C(=O)O)c3)nc(NC3CC3)c12. The molecule has 0 bridgehead atoms. The van der Waals surface area contributed by atoms with E-state index in [-0.39, 0.29) is 28.2 Å². The fraction of sp³-hybridized carbons (Fsp3) is 0.400. The Labute approximate surface area is 189 Å². The monoisotopic (exact) mass is 473 g/mol. The molecule has 3 aromatic rings. The highest BCUT2D eigenvalue weighted by Gasteiger charge is 2.27. The number of benzene rings is 1. The van der Waals surface area contributed by atoms with E-state index in [1.165, 1.54) is 6.07 Å². The number of fused-ring (bicyclic) bond motifs is 1. The number of ether oxygens (including phenoxy) is 1. The van der Waals surface area contributed by atoms with Crippen LogP contribution in [0.4, 0.5) is 23.1 Å². The summed E-state index contributed by atoms with van der Waals surface area (Å²) in [6, 6.07) is 5.24. The van der Waals surface area contributed by atoms with Crippen LogP contribution in [0, 0.1) is 0 Å². The average Bonchev–Trinajstić information content (AvgIpc) is 3.48. The molecule has 2 aliphatic rings. The van der Waals surface area contributed by atoms with E-state index in [1.807, 2.05) is 4.90 Å². The molecule has 0 spiro atoms. The molecule has 0 radical (unpaired) electrons. The van der Waals surface area contributed by atoms with Gasteiger partial charge in [0.15, 0.2) is 20.5 Å². The van der Waals surface area contributed by atoms with Gasteiger partial charge in [-0.1, -0.05) is 0 Å². The van der Waals surface area contributed by atoms with Crippen molar-refractivity contribution in [1.82, 2.24) is 20.2 Å². The average molecular weight is 474 g/mol. The minimum atomic E-state index is -3.56. The van der Waals surface area contributed by atoms with Crippen molar-refractivity contribution in [3.05, 3.63) is 23.8 Å². The lowest BCUT2D eigenvalue weighted by molar-refractivity contribution is 0.0696. The Morgan fingerprint density at radius 1 is 1.24 bits per heavy atom. The highest BCUT2D eigenvalue weighted by molar-refractivity contribution is 7.90. The van der Waals surface area contributed by atoms with E-state index >= 15 is 0 Å². The fourth-order valence-electron chi connectivity index (χ4n) is 3.74. The van der Waals surface area contributed by atoms with Gasteiger partial charge in [-0.15, -0.1) is 0 Å². The van der Waals surface area contributed by atoms with Gasteiger partial charge in [-0.3, -0.25) is 5.10 Å². The Kier molecular flexibility index (Phi) is 5.29. The molecule has 5 rings (SSSR count). The van der Waals surface area contributed by atoms with Crippen LogP contribution in [0.1, 0.15) is 23.2 Å². The molecule has 2 aromatic heterocycles. The van der Waals surface area contributed by atoms with Crippen molar-refractivity contribution in [1.29, 1.82) is 0 Å². The van der Waals surface area contributed by atoms with Crippen LogP contribution >= 0.6 is 0 Å². The van der Waals surface area contributed by atoms with Gasteiger partial charge in [0.25, 0.3) is 0 Å². The zero-order chi connectivity index (χ0) is 23.2. The second kappa shape index (κ2) is 8.15. The fourth-order valence-corrected chi connectivity index (χ4v) is 4.51. The van der Waals surface area contributed by atoms with Crippen molar-refractivity contribution in [3.8, 4) is 0 Å².